The maximum absolute atomic E-state index is 13.4. The lowest BCUT2D eigenvalue weighted by molar-refractivity contribution is 0.0988. The number of hydrogen-bond donors (Lipinski definition) is 2. The van der Waals surface area contributed by atoms with E-state index in [1.807, 2.05) is 67.6 Å². The summed E-state index contributed by atoms with van der Waals surface area (Å²) in [5.41, 5.74) is 4.53. The number of para-hydroxylation sites is 2. The molecule has 0 saturated heterocycles. The van der Waals surface area contributed by atoms with Crippen LogP contribution in [0.2, 0.25) is 0 Å². The smallest absolute Gasteiger partial charge is 0.258 e. The van der Waals surface area contributed by atoms with Crippen LogP contribution in [0.5, 0.6) is 11.5 Å². The van der Waals surface area contributed by atoms with Gasteiger partial charge in [-0.15, -0.1) is 0 Å². The number of carbonyl (C=O) groups is 1. The first-order valence-electron chi connectivity index (χ1n) is 11.4. The van der Waals surface area contributed by atoms with Crippen molar-refractivity contribution in [3.05, 3.63) is 95.6 Å². The van der Waals surface area contributed by atoms with Crippen molar-refractivity contribution in [1.82, 2.24) is 0 Å². The summed E-state index contributed by atoms with van der Waals surface area (Å²) in [4.78, 5) is 15.2. The summed E-state index contributed by atoms with van der Waals surface area (Å²) in [6, 6.07) is 21.3. The molecule has 3 aromatic rings. The number of hydrogen-bond acceptors (Lipinski definition) is 4. The lowest BCUT2D eigenvalue weighted by Gasteiger charge is -2.38. The molecule has 0 bridgehead atoms. The van der Waals surface area contributed by atoms with Crippen LogP contribution in [0.4, 0.5) is 11.4 Å². The number of nitrogens with one attached hydrogen (secondary N) is 1. The van der Waals surface area contributed by atoms with E-state index in [4.69, 9.17) is 4.74 Å². The van der Waals surface area contributed by atoms with Crippen LogP contribution in [-0.2, 0) is 0 Å². The lowest BCUT2D eigenvalue weighted by atomic mass is 9.76. The van der Waals surface area contributed by atoms with Gasteiger partial charge in [0.1, 0.15) is 0 Å². The Labute approximate surface area is 194 Å². The summed E-state index contributed by atoms with van der Waals surface area (Å²) in [5.74, 6) is 1.08. The number of ether oxygens (including phenoxy) is 1. The minimum Gasteiger partial charge on any atom is -0.504 e. The molecule has 3 unspecified atom stereocenters. The Morgan fingerprint density at radius 1 is 1.09 bits per heavy atom. The SMILES string of the molecule is CCN(C(=O)c1ccc2c(c1)C1C=CCC1C(c1cccc(OC)c1O)N2)c1ccccc1. The van der Waals surface area contributed by atoms with Gasteiger partial charge in [0, 0.05) is 35.0 Å². The summed E-state index contributed by atoms with van der Waals surface area (Å²) in [7, 11) is 1.57. The van der Waals surface area contributed by atoms with Gasteiger partial charge >= 0.3 is 0 Å². The Morgan fingerprint density at radius 2 is 1.91 bits per heavy atom. The quantitative estimate of drug-likeness (QED) is 0.486. The first-order valence-corrected chi connectivity index (χ1v) is 11.4. The Kier molecular flexibility index (Phi) is 5.55. The van der Waals surface area contributed by atoms with Gasteiger partial charge in [0.2, 0.25) is 0 Å². The number of nitrogens with zero attached hydrogens (tertiary/aromatic N) is 1. The van der Waals surface area contributed by atoms with Gasteiger partial charge < -0.3 is 20.1 Å². The van der Waals surface area contributed by atoms with Crippen molar-refractivity contribution in [2.24, 2.45) is 5.92 Å². The molecule has 0 radical (unpaired) electrons. The molecular weight excluding hydrogens is 412 g/mol. The van der Waals surface area contributed by atoms with Crippen molar-refractivity contribution < 1.29 is 14.6 Å². The third kappa shape index (κ3) is 3.63. The first kappa shape index (κ1) is 21.1. The van der Waals surface area contributed by atoms with Crippen LogP contribution in [0.15, 0.2) is 78.9 Å². The van der Waals surface area contributed by atoms with Crippen LogP contribution in [0.3, 0.4) is 0 Å². The first-order chi connectivity index (χ1) is 16.1. The van der Waals surface area contributed by atoms with Crippen molar-refractivity contribution >= 4 is 17.3 Å². The number of benzene rings is 3. The average Bonchev–Trinajstić information content (AvgIpc) is 3.35. The summed E-state index contributed by atoms with van der Waals surface area (Å²) >= 11 is 0. The Balaban J connectivity index is 1.50. The zero-order valence-electron chi connectivity index (χ0n) is 18.9. The molecule has 2 aliphatic rings. The molecule has 2 N–H and O–H groups in total. The number of amides is 1. The second-order valence-electron chi connectivity index (χ2n) is 8.56. The van der Waals surface area contributed by atoms with Gasteiger partial charge in [-0.1, -0.05) is 42.5 Å². The molecule has 5 heteroatoms. The molecule has 0 fully saturated rings. The minimum absolute atomic E-state index is 0.00223. The molecule has 0 spiro atoms. The summed E-state index contributed by atoms with van der Waals surface area (Å²) < 4.78 is 5.33. The number of phenolic OH excluding ortho intramolecular Hbond substituents is 1. The molecular formula is C28H28N2O3. The second-order valence-corrected chi connectivity index (χ2v) is 8.56. The predicted molar refractivity (Wildman–Crippen MR) is 131 cm³/mol. The molecule has 5 nitrogen and oxygen atoms in total. The molecule has 1 heterocycles. The zero-order valence-corrected chi connectivity index (χ0v) is 18.9. The van der Waals surface area contributed by atoms with E-state index in [9.17, 15) is 9.90 Å². The summed E-state index contributed by atoms with van der Waals surface area (Å²) in [6.07, 6.45) is 5.34. The fraction of sp³-hybridized carbons (Fsp3) is 0.250. The van der Waals surface area contributed by atoms with Crippen LogP contribution in [0.1, 0.15) is 46.8 Å². The number of rotatable bonds is 5. The fourth-order valence-electron chi connectivity index (χ4n) is 5.20. The third-order valence-corrected chi connectivity index (χ3v) is 6.82. The Hall–Kier alpha value is -3.73. The predicted octanol–water partition coefficient (Wildman–Crippen LogP) is 5.89. The molecule has 3 atom stereocenters. The highest BCUT2D eigenvalue weighted by Gasteiger charge is 2.39. The van der Waals surface area contributed by atoms with E-state index >= 15 is 0 Å². The van der Waals surface area contributed by atoms with Crippen LogP contribution in [0.25, 0.3) is 0 Å². The van der Waals surface area contributed by atoms with E-state index in [-0.39, 0.29) is 29.5 Å². The van der Waals surface area contributed by atoms with Gasteiger partial charge in [-0.2, -0.15) is 0 Å². The van der Waals surface area contributed by atoms with E-state index in [0.29, 0.717) is 17.9 Å². The molecule has 0 aromatic heterocycles. The molecule has 0 saturated carbocycles. The normalized spacial score (nSPS) is 20.5. The lowest BCUT2D eigenvalue weighted by Crippen LogP contribution is -2.32. The maximum Gasteiger partial charge on any atom is 0.258 e. The van der Waals surface area contributed by atoms with Gasteiger partial charge in [-0.3, -0.25) is 4.79 Å². The zero-order chi connectivity index (χ0) is 22.9. The highest BCUT2D eigenvalue weighted by Crippen LogP contribution is 2.52. The van der Waals surface area contributed by atoms with Gasteiger partial charge in [-0.05, 0) is 61.2 Å². The summed E-state index contributed by atoms with van der Waals surface area (Å²) in [6.45, 7) is 2.59. The van der Waals surface area contributed by atoms with Gasteiger partial charge in [0.25, 0.3) is 5.91 Å². The molecule has 33 heavy (non-hydrogen) atoms. The van der Waals surface area contributed by atoms with E-state index < -0.39 is 0 Å². The molecule has 3 aromatic carbocycles. The highest BCUT2D eigenvalue weighted by atomic mass is 16.5. The number of fused-ring (bicyclic) bond motifs is 3. The largest absolute Gasteiger partial charge is 0.504 e. The Morgan fingerprint density at radius 3 is 2.67 bits per heavy atom. The monoisotopic (exact) mass is 440 g/mol. The van der Waals surface area contributed by atoms with Crippen LogP contribution in [-0.4, -0.2) is 24.7 Å². The van der Waals surface area contributed by atoms with Crippen molar-refractivity contribution in [3.63, 3.8) is 0 Å². The molecule has 1 aliphatic heterocycles. The summed E-state index contributed by atoms with van der Waals surface area (Å²) in [5, 5.41) is 14.4. The number of carbonyl (C=O) groups excluding carboxylic acids is 1. The van der Waals surface area contributed by atoms with Crippen molar-refractivity contribution in [2.45, 2.75) is 25.3 Å². The highest BCUT2D eigenvalue weighted by molar-refractivity contribution is 6.06. The second kappa shape index (κ2) is 8.66. The van der Waals surface area contributed by atoms with Crippen molar-refractivity contribution in [3.8, 4) is 11.5 Å². The topological polar surface area (TPSA) is 61.8 Å². The fourth-order valence-corrected chi connectivity index (χ4v) is 5.20. The van der Waals surface area contributed by atoms with Gasteiger partial charge in [0.05, 0.1) is 13.2 Å². The van der Waals surface area contributed by atoms with E-state index in [2.05, 4.69) is 17.5 Å². The van der Waals surface area contributed by atoms with Crippen LogP contribution in [0, 0.1) is 5.92 Å². The van der Waals surface area contributed by atoms with E-state index in [1.54, 1.807) is 18.1 Å². The third-order valence-electron chi connectivity index (χ3n) is 6.82. The van der Waals surface area contributed by atoms with Crippen LogP contribution >= 0.6 is 0 Å². The number of phenols is 1. The number of methoxy groups -OCH3 is 1. The molecule has 1 amide bonds. The molecule has 168 valence electrons. The average molecular weight is 441 g/mol. The van der Waals surface area contributed by atoms with Crippen molar-refractivity contribution in [2.75, 3.05) is 23.9 Å². The number of allylic oxidation sites excluding steroid dienone is 2. The van der Waals surface area contributed by atoms with Crippen molar-refractivity contribution in [1.29, 1.82) is 0 Å². The standard InChI is InChI=1S/C28H28N2O3/c1-3-30(19-9-5-4-6-10-19)28(32)18-15-16-24-23(17-18)20-11-7-12-21(20)26(29-24)22-13-8-14-25(33-2)27(22)31/h4-11,13-17,20-21,26,29,31H,3,12H2,1-2H3. The van der Waals surface area contributed by atoms with E-state index in [0.717, 1.165) is 28.9 Å². The molecule has 1 aliphatic carbocycles. The number of anilines is 2. The van der Waals surface area contributed by atoms with Gasteiger partial charge in [-0.25, -0.2) is 0 Å². The van der Waals surface area contributed by atoms with E-state index in [1.165, 1.54) is 0 Å². The van der Waals surface area contributed by atoms with Crippen LogP contribution < -0.4 is 15.0 Å². The Bertz CT molecular complexity index is 1210. The van der Waals surface area contributed by atoms with Gasteiger partial charge in [0.15, 0.2) is 11.5 Å². The number of aromatic hydroxyl groups is 1. The maximum atomic E-state index is 13.4. The minimum atomic E-state index is -0.0504. The molecule has 5 rings (SSSR count).